The minimum absolute atomic E-state index is 0.412. The Morgan fingerprint density at radius 1 is 1.35 bits per heavy atom. The second kappa shape index (κ2) is 6.64. The molecule has 0 atom stereocenters. The molecule has 1 aromatic carbocycles. The predicted molar refractivity (Wildman–Crippen MR) is 81.2 cm³/mol. The summed E-state index contributed by atoms with van der Waals surface area (Å²) >= 11 is 0. The highest BCUT2D eigenvalue weighted by atomic mass is 16.5. The van der Waals surface area contributed by atoms with E-state index in [1.807, 2.05) is 0 Å². The van der Waals surface area contributed by atoms with Crippen LogP contribution in [-0.4, -0.2) is 19.1 Å². The van der Waals surface area contributed by atoms with E-state index in [0.717, 1.165) is 17.4 Å². The van der Waals surface area contributed by atoms with Crippen molar-refractivity contribution in [2.24, 2.45) is 11.7 Å². The number of rotatable bonds is 5. The van der Waals surface area contributed by atoms with Gasteiger partial charge in [-0.1, -0.05) is 13.3 Å². The first-order valence-corrected chi connectivity index (χ1v) is 7.38. The normalized spacial score (nSPS) is 22.3. The molecule has 4 nitrogen and oxygen atoms in total. The minimum atomic E-state index is -0.412. The van der Waals surface area contributed by atoms with Crippen LogP contribution in [0.2, 0.25) is 0 Å². The Morgan fingerprint density at radius 3 is 2.60 bits per heavy atom. The average molecular weight is 276 g/mol. The molecule has 0 aromatic heterocycles. The molecule has 1 amide bonds. The summed E-state index contributed by atoms with van der Waals surface area (Å²) in [5, 5.41) is 3.51. The molecule has 110 valence electrons. The molecule has 4 heteroatoms. The highest BCUT2D eigenvalue weighted by Gasteiger charge is 2.21. The number of carbonyl (C=O) groups excluding carboxylic acids is 1. The van der Waals surface area contributed by atoms with Gasteiger partial charge in [0, 0.05) is 11.6 Å². The van der Waals surface area contributed by atoms with E-state index in [4.69, 9.17) is 10.5 Å². The topological polar surface area (TPSA) is 64.3 Å². The molecular weight excluding hydrogens is 252 g/mol. The van der Waals surface area contributed by atoms with Crippen LogP contribution in [0.1, 0.15) is 49.4 Å². The zero-order valence-electron chi connectivity index (χ0n) is 12.3. The van der Waals surface area contributed by atoms with Crippen molar-refractivity contribution in [3.05, 3.63) is 23.8 Å². The molecule has 0 heterocycles. The maximum Gasteiger partial charge on any atom is 0.248 e. The van der Waals surface area contributed by atoms with Crippen molar-refractivity contribution >= 4 is 11.6 Å². The number of primary amides is 1. The van der Waals surface area contributed by atoms with Crippen molar-refractivity contribution in [3.8, 4) is 5.75 Å². The second-order valence-electron chi connectivity index (χ2n) is 5.55. The maximum absolute atomic E-state index is 11.3. The summed E-state index contributed by atoms with van der Waals surface area (Å²) in [5.41, 5.74) is 6.71. The van der Waals surface area contributed by atoms with Crippen LogP contribution in [-0.2, 0) is 0 Å². The van der Waals surface area contributed by atoms with E-state index in [9.17, 15) is 4.79 Å². The average Bonchev–Trinajstić information content (AvgIpc) is 2.48. The Balaban J connectivity index is 2.08. The van der Waals surface area contributed by atoms with Gasteiger partial charge in [0.15, 0.2) is 0 Å². The predicted octanol–water partition coefficient (Wildman–Crippen LogP) is 3.17. The highest BCUT2D eigenvalue weighted by molar-refractivity contribution is 5.94. The fraction of sp³-hybridized carbons (Fsp3) is 0.562. The van der Waals surface area contributed by atoms with Gasteiger partial charge in [-0.05, 0) is 49.8 Å². The van der Waals surface area contributed by atoms with Crippen LogP contribution >= 0.6 is 0 Å². The summed E-state index contributed by atoms with van der Waals surface area (Å²) in [6, 6.07) is 5.72. The van der Waals surface area contributed by atoms with Gasteiger partial charge in [0.05, 0.1) is 12.8 Å². The Labute approximate surface area is 120 Å². The summed E-state index contributed by atoms with van der Waals surface area (Å²) in [5.74, 6) is 1.21. The number of amides is 1. The lowest BCUT2D eigenvalue weighted by atomic mass is 9.84. The Bertz CT molecular complexity index is 466. The molecule has 0 spiro atoms. The van der Waals surface area contributed by atoms with Gasteiger partial charge in [-0.3, -0.25) is 4.79 Å². The number of carbonyl (C=O) groups is 1. The minimum Gasteiger partial charge on any atom is -0.495 e. The first-order chi connectivity index (χ1) is 9.63. The summed E-state index contributed by atoms with van der Waals surface area (Å²) in [6.45, 7) is 2.26. The van der Waals surface area contributed by atoms with Gasteiger partial charge in [0.1, 0.15) is 5.75 Å². The van der Waals surface area contributed by atoms with E-state index < -0.39 is 5.91 Å². The fourth-order valence-corrected chi connectivity index (χ4v) is 2.91. The molecule has 1 aromatic rings. The SMILES string of the molecule is CCC1CCC(Nc2cc(C(N)=O)ccc2OC)CC1. The summed E-state index contributed by atoms with van der Waals surface area (Å²) in [6.07, 6.45) is 6.15. The van der Waals surface area contributed by atoms with Crippen molar-refractivity contribution in [1.29, 1.82) is 0 Å². The molecular formula is C16H24N2O2. The Morgan fingerprint density at radius 2 is 2.05 bits per heavy atom. The van der Waals surface area contributed by atoms with Crippen LogP contribution in [0, 0.1) is 5.92 Å². The lowest BCUT2D eigenvalue weighted by Crippen LogP contribution is -2.26. The first kappa shape index (κ1) is 14.7. The van der Waals surface area contributed by atoms with Crippen molar-refractivity contribution in [3.63, 3.8) is 0 Å². The van der Waals surface area contributed by atoms with Gasteiger partial charge in [0.25, 0.3) is 0 Å². The molecule has 0 radical (unpaired) electrons. The first-order valence-electron chi connectivity index (χ1n) is 7.38. The molecule has 0 saturated heterocycles. The third-order valence-electron chi connectivity index (χ3n) is 4.27. The molecule has 1 fully saturated rings. The van der Waals surface area contributed by atoms with E-state index in [-0.39, 0.29) is 0 Å². The molecule has 2 rings (SSSR count). The van der Waals surface area contributed by atoms with E-state index in [1.54, 1.807) is 25.3 Å². The number of hydrogen-bond donors (Lipinski definition) is 2. The lowest BCUT2D eigenvalue weighted by molar-refractivity contribution is 0.100. The van der Waals surface area contributed by atoms with Gasteiger partial charge in [-0.15, -0.1) is 0 Å². The van der Waals surface area contributed by atoms with Crippen LogP contribution in [0.5, 0.6) is 5.75 Å². The summed E-state index contributed by atoms with van der Waals surface area (Å²) in [7, 11) is 1.64. The van der Waals surface area contributed by atoms with Crippen LogP contribution in [0.3, 0.4) is 0 Å². The maximum atomic E-state index is 11.3. The van der Waals surface area contributed by atoms with Gasteiger partial charge in [-0.25, -0.2) is 0 Å². The largest absolute Gasteiger partial charge is 0.495 e. The standard InChI is InChI=1S/C16H24N2O2/c1-3-11-4-7-13(8-5-11)18-14-10-12(16(17)19)6-9-15(14)20-2/h6,9-11,13,18H,3-5,7-8H2,1-2H3,(H2,17,19). The van der Waals surface area contributed by atoms with E-state index in [1.165, 1.54) is 32.1 Å². The Hall–Kier alpha value is -1.71. The quantitative estimate of drug-likeness (QED) is 0.868. The molecule has 20 heavy (non-hydrogen) atoms. The van der Waals surface area contributed by atoms with Crippen LogP contribution in [0.4, 0.5) is 5.69 Å². The van der Waals surface area contributed by atoms with Crippen molar-refractivity contribution in [2.75, 3.05) is 12.4 Å². The highest BCUT2D eigenvalue weighted by Crippen LogP contribution is 2.32. The van der Waals surface area contributed by atoms with Gasteiger partial charge < -0.3 is 15.8 Å². The van der Waals surface area contributed by atoms with E-state index in [0.29, 0.717) is 11.6 Å². The smallest absolute Gasteiger partial charge is 0.248 e. The van der Waals surface area contributed by atoms with Crippen LogP contribution in [0.15, 0.2) is 18.2 Å². The number of nitrogens with one attached hydrogen (secondary N) is 1. The number of hydrogen-bond acceptors (Lipinski definition) is 3. The molecule has 0 bridgehead atoms. The van der Waals surface area contributed by atoms with Crippen molar-refractivity contribution in [2.45, 2.75) is 45.1 Å². The number of methoxy groups -OCH3 is 1. The fourth-order valence-electron chi connectivity index (χ4n) is 2.91. The zero-order valence-corrected chi connectivity index (χ0v) is 12.3. The number of nitrogens with two attached hydrogens (primary N) is 1. The third kappa shape index (κ3) is 3.44. The third-order valence-corrected chi connectivity index (χ3v) is 4.27. The van der Waals surface area contributed by atoms with E-state index >= 15 is 0 Å². The van der Waals surface area contributed by atoms with Crippen molar-refractivity contribution in [1.82, 2.24) is 0 Å². The van der Waals surface area contributed by atoms with Crippen LogP contribution < -0.4 is 15.8 Å². The van der Waals surface area contributed by atoms with E-state index in [2.05, 4.69) is 12.2 Å². The monoisotopic (exact) mass is 276 g/mol. The van der Waals surface area contributed by atoms with Gasteiger partial charge >= 0.3 is 0 Å². The Kier molecular flexibility index (Phi) is 4.88. The molecule has 1 aliphatic carbocycles. The number of benzene rings is 1. The second-order valence-corrected chi connectivity index (χ2v) is 5.55. The molecule has 0 aliphatic heterocycles. The van der Waals surface area contributed by atoms with Crippen LogP contribution in [0.25, 0.3) is 0 Å². The molecule has 1 saturated carbocycles. The number of anilines is 1. The van der Waals surface area contributed by atoms with Gasteiger partial charge in [0.2, 0.25) is 5.91 Å². The van der Waals surface area contributed by atoms with Crippen molar-refractivity contribution < 1.29 is 9.53 Å². The number of ether oxygens (including phenoxy) is 1. The molecule has 3 N–H and O–H groups in total. The lowest BCUT2D eigenvalue weighted by Gasteiger charge is -2.29. The summed E-state index contributed by atoms with van der Waals surface area (Å²) < 4.78 is 5.35. The zero-order chi connectivity index (χ0) is 14.5. The molecule has 0 unspecified atom stereocenters. The summed E-state index contributed by atoms with van der Waals surface area (Å²) in [4.78, 5) is 11.3. The van der Waals surface area contributed by atoms with Gasteiger partial charge in [-0.2, -0.15) is 0 Å². The molecule has 1 aliphatic rings.